The molecular weight excluding hydrogens is 350 g/mol. The van der Waals surface area contributed by atoms with E-state index < -0.39 is 5.60 Å². The first-order valence-corrected chi connectivity index (χ1v) is 7.97. The number of likely N-dealkylation sites (tertiary alicyclic amines) is 1. The van der Waals surface area contributed by atoms with E-state index in [0.717, 1.165) is 17.2 Å². The number of aldehydes is 1. The summed E-state index contributed by atoms with van der Waals surface area (Å²) in [5, 5.41) is 0. The molecule has 1 aromatic rings. The molecule has 0 unspecified atom stereocenters. The fourth-order valence-corrected chi connectivity index (χ4v) is 2.53. The van der Waals surface area contributed by atoms with E-state index in [0.29, 0.717) is 24.4 Å². The van der Waals surface area contributed by atoms with Crippen LogP contribution in [0.3, 0.4) is 0 Å². The quantitative estimate of drug-likeness (QED) is 0.763. The molecule has 0 saturated carbocycles. The van der Waals surface area contributed by atoms with Crippen LogP contribution in [0.15, 0.2) is 22.7 Å². The van der Waals surface area contributed by atoms with Gasteiger partial charge in [-0.15, -0.1) is 0 Å². The fourth-order valence-electron chi connectivity index (χ4n) is 2.19. The van der Waals surface area contributed by atoms with Crippen LogP contribution >= 0.6 is 15.9 Å². The Bertz CT molecular complexity index is 568. The highest BCUT2D eigenvalue weighted by atomic mass is 79.9. The standard InChI is InChI=1S/C16H20BrNO4/c1-16(2,3)22-15(20)18-7-6-13(9-18)21-12-4-5-14(17)11(8-12)10-19/h4-5,8,10,13H,6-7,9H2,1-3H3/t13-/m0/s1. The number of carbonyl (C=O) groups is 2. The lowest BCUT2D eigenvalue weighted by Gasteiger charge is -2.24. The van der Waals surface area contributed by atoms with Gasteiger partial charge in [-0.25, -0.2) is 4.79 Å². The van der Waals surface area contributed by atoms with Crippen LogP contribution in [0.1, 0.15) is 37.6 Å². The van der Waals surface area contributed by atoms with Crippen LogP contribution in [-0.4, -0.2) is 42.1 Å². The van der Waals surface area contributed by atoms with Crippen LogP contribution in [0.4, 0.5) is 4.79 Å². The minimum Gasteiger partial charge on any atom is -0.488 e. The Hall–Kier alpha value is -1.56. The van der Waals surface area contributed by atoms with Crippen molar-refractivity contribution >= 4 is 28.3 Å². The predicted octanol–water partition coefficient (Wildman–Crippen LogP) is 3.65. The van der Waals surface area contributed by atoms with Crippen molar-refractivity contribution in [2.24, 2.45) is 0 Å². The number of ether oxygens (including phenoxy) is 2. The number of rotatable bonds is 3. The van der Waals surface area contributed by atoms with Crippen molar-refractivity contribution in [3.63, 3.8) is 0 Å². The molecule has 1 amide bonds. The van der Waals surface area contributed by atoms with Crippen molar-refractivity contribution in [1.82, 2.24) is 4.90 Å². The molecule has 5 nitrogen and oxygen atoms in total. The van der Waals surface area contributed by atoms with Gasteiger partial charge in [-0.1, -0.05) is 15.9 Å². The van der Waals surface area contributed by atoms with Gasteiger partial charge in [-0.3, -0.25) is 4.79 Å². The third-order valence-electron chi connectivity index (χ3n) is 3.19. The van der Waals surface area contributed by atoms with E-state index >= 15 is 0 Å². The Labute approximate surface area is 138 Å². The molecule has 22 heavy (non-hydrogen) atoms. The van der Waals surface area contributed by atoms with Crippen LogP contribution in [0, 0.1) is 0 Å². The van der Waals surface area contributed by atoms with E-state index in [4.69, 9.17) is 9.47 Å². The Balaban J connectivity index is 1.94. The molecule has 1 aliphatic heterocycles. The average Bonchev–Trinajstić information content (AvgIpc) is 2.87. The lowest BCUT2D eigenvalue weighted by Crippen LogP contribution is -2.36. The smallest absolute Gasteiger partial charge is 0.410 e. The van der Waals surface area contributed by atoms with Gasteiger partial charge in [0.1, 0.15) is 17.5 Å². The highest BCUT2D eigenvalue weighted by molar-refractivity contribution is 9.10. The molecule has 1 fully saturated rings. The van der Waals surface area contributed by atoms with Gasteiger partial charge >= 0.3 is 6.09 Å². The Kier molecular flexibility index (Phi) is 5.11. The van der Waals surface area contributed by atoms with Crippen molar-refractivity contribution in [1.29, 1.82) is 0 Å². The van der Waals surface area contributed by atoms with Crippen LogP contribution in [0.2, 0.25) is 0 Å². The largest absolute Gasteiger partial charge is 0.488 e. The first-order chi connectivity index (χ1) is 10.3. The van der Waals surface area contributed by atoms with Crippen LogP contribution in [0.25, 0.3) is 0 Å². The van der Waals surface area contributed by atoms with Crippen molar-refractivity contribution in [3.05, 3.63) is 28.2 Å². The third kappa shape index (κ3) is 4.47. The second kappa shape index (κ2) is 6.69. The lowest BCUT2D eigenvalue weighted by molar-refractivity contribution is 0.0275. The molecule has 2 rings (SSSR count). The average molecular weight is 370 g/mol. The zero-order valence-electron chi connectivity index (χ0n) is 13.0. The summed E-state index contributed by atoms with van der Waals surface area (Å²) in [5.74, 6) is 0.626. The third-order valence-corrected chi connectivity index (χ3v) is 3.92. The normalized spacial score (nSPS) is 18.2. The van der Waals surface area contributed by atoms with E-state index in [-0.39, 0.29) is 12.2 Å². The van der Waals surface area contributed by atoms with Crippen molar-refractivity contribution in [2.45, 2.75) is 38.9 Å². The van der Waals surface area contributed by atoms with E-state index in [9.17, 15) is 9.59 Å². The van der Waals surface area contributed by atoms with Crippen LogP contribution in [-0.2, 0) is 4.74 Å². The minimum atomic E-state index is -0.499. The zero-order chi connectivity index (χ0) is 16.3. The van der Waals surface area contributed by atoms with Crippen molar-refractivity contribution < 1.29 is 19.1 Å². The van der Waals surface area contributed by atoms with Gasteiger partial charge in [0.05, 0.1) is 6.54 Å². The first kappa shape index (κ1) is 16.8. The summed E-state index contributed by atoms with van der Waals surface area (Å²) in [4.78, 5) is 24.6. The SMILES string of the molecule is CC(C)(C)OC(=O)N1CC[C@H](Oc2ccc(Br)c(C=O)c2)C1. The Morgan fingerprint density at radius 3 is 2.77 bits per heavy atom. The maximum atomic E-state index is 12.0. The molecule has 0 spiro atoms. The molecular formula is C16H20BrNO4. The molecule has 0 N–H and O–H groups in total. The lowest BCUT2D eigenvalue weighted by atomic mass is 10.2. The number of amides is 1. The number of carbonyl (C=O) groups excluding carboxylic acids is 2. The highest BCUT2D eigenvalue weighted by Gasteiger charge is 2.30. The molecule has 0 aliphatic carbocycles. The minimum absolute atomic E-state index is 0.0896. The summed E-state index contributed by atoms with van der Waals surface area (Å²) >= 11 is 3.30. The number of halogens is 1. The molecule has 1 saturated heterocycles. The van der Waals surface area contributed by atoms with Crippen molar-refractivity contribution in [2.75, 3.05) is 13.1 Å². The summed E-state index contributed by atoms with van der Waals surface area (Å²) < 4.78 is 11.9. The number of benzene rings is 1. The zero-order valence-corrected chi connectivity index (χ0v) is 14.6. The van der Waals surface area contributed by atoms with Gasteiger partial charge in [0.2, 0.25) is 0 Å². The maximum Gasteiger partial charge on any atom is 0.410 e. The number of nitrogens with zero attached hydrogens (tertiary/aromatic N) is 1. The second-order valence-corrected chi connectivity index (χ2v) is 7.11. The Morgan fingerprint density at radius 2 is 2.14 bits per heavy atom. The number of hydrogen-bond acceptors (Lipinski definition) is 4. The molecule has 1 heterocycles. The van der Waals surface area contributed by atoms with Gasteiger partial charge in [0.25, 0.3) is 0 Å². The van der Waals surface area contributed by atoms with Crippen LogP contribution < -0.4 is 4.74 Å². The van der Waals surface area contributed by atoms with Crippen LogP contribution in [0.5, 0.6) is 5.75 Å². The highest BCUT2D eigenvalue weighted by Crippen LogP contribution is 2.24. The molecule has 6 heteroatoms. The summed E-state index contributed by atoms with van der Waals surface area (Å²) in [5.41, 5.74) is 0.0418. The summed E-state index contributed by atoms with van der Waals surface area (Å²) in [6.45, 7) is 6.63. The molecule has 0 radical (unpaired) electrons. The summed E-state index contributed by atoms with van der Waals surface area (Å²) in [6.07, 6.45) is 1.11. The maximum absolute atomic E-state index is 12.0. The molecule has 120 valence electrons. The molecule has 0 bridgehead atoms. The molecule has 1 aliphatic rings. The van der Waals surface area contributed by atoms with Gasteiger partial charge in [-0.2, -0.15) is 0 Å². The summed E-state index contributed by atoms with van der Waals surface area (Å²) in [6, 6.07) is 5.26. The van der Waals surface area contributed by atoms with E-state index in [1.807, 2.05) is 20.8 Å². The summed E-state index contributed by atoms with van der Waals surface area (Å²) in [7, 11) is 0. The second-order valence-electron chi connectivity index (χ2n) is 6.26. The van der Waals surface area contributed by atoms with E-state index in [1.54, 1.807) is 23.1 Å². The van der Waals surface area contributed by atoms with E-state index in [1.165, 1.54) is 0 Å². The molecule has 0 aromatic heterocycles. The van der Waals surface area contributed by atoms with E-state index in [2.05, 4.69) is 15.9 Å². The van der Waals surface area contributed by atoms with Gasteiger partial charge in [0, 0.05) is 23.0 Å². The molecule has 1 atom stereocenters. The topological polar surface area (TPSA) is 55.8 Å². The monoisotopic (exact) mass is 369 g/mol. The molecule has 1 aromatic carbocycles. The van der Waals surface area contributed by atoms with Gasteiger partial charge in [-0.05, 0) is 39.0 Å². The fraction of sp³-hybridized carbons (Fsp3) is 0.500. The van der Waals surface area contributed by atoms with Gasteiger partial charge in [0.15, 0.2) is 6.29 Å². The predicted molar refractivity (Wildman–Crippen MR) is 86.4 cm³/mol. The Morgan fingerprint density at radius 1 is 1.41 bits per heavy atom. The first-order valence-electron chi connectivity index (χ1n) is 7.18. The number of hydrogen-bond donors (Lipinski definition) is 0. The van der Waals surface area contributed by atoms with Gasteiger partial charge < -0.3 is 14.4 Å². The van der Waals surface area contributed by atoms with Crippen molar-refractivity contribution in [3.8, 4) is 5.75 Å².